The Labute approximate surface area is 182 Å². The number of rotatable bonds is 5. The van der Waals surface area contributed by atoms with Crippen LogP contribution in [0.25, 0.3) is 16.7 Å². The van der Waals surface area contributed by atoms with Crippen LogP contribution in [0.4, 0.5) is 5.69 Å². The van der Waals surface area contributed by atoms with Gasteiger partial charge in [-0.3, -0.25) is 9.59 Å². The van der Waals surface area contributed by atoms with Crippen molar-refractivity contribution < 1.29 is 4.79 Å². The fraction of sp³-hybridized carbons (Fsp3) is 0.0526. The van der Waals surface area contributed by atoms with Crippen molar-refractivity contribution >= 4 is 61.9 Å². The molecule has 29 heavy (non-hydrogen) atoms. The van der Waals surface area contributed by atoms with Crippen molar-refractivity contribution in [2.75, 3.05) is 11.1 Å². The maximum atomic E-state index is 12.4. The molecule has 1 amide bonds. The van der Waals surface area contributed by atoms with Crippen LogP contribution in [0, 0.1) is 0 Å². The van der Waals surface area contributed by atoms with Gasteiger partial charge in [-0.1, -0.05) is 45.4 Å². The Bertz CT molecular complexity index is 1260. The molecule has 0 aliphatic carbocycles. The van der Waals surface area contributed by atoms with Crippen molar-refractivity contribution in [3.63, 3.8) is 0 Å². The predicted molar refractivity (Wildman–Crippen MR) is 118 cm³/mol. The number of H-pyrrole nitrogens is 1. The summed E-state index contributed by atoms with van der Waals surface area (Å²) in [6, 6.07) is 14.4. The Hall–Kier alpha value is -2.62. The van der Waals surface area contributed by atoms with E-state index in [0.29, 0.717) is 32.6 Å². The number of hydrogen-bond donors (Lipinski definition) is 2. The van der Waals surface area contributed by atoms with E-state index >= 15 is 0 Å². The lowest BCUT2D eigenvalue weighted by molar-refractivity contribution is -0.113. The van der Waals surface area contributed by atoms with Crippen molar-refractivity contribution in [2.45, 2.75) is 5.16 Å². The van der Waals surface area contributed by atoms with Gasteiger partial charge in [0, 0.05) is 15.2 Å². The van der Waals surface area contributed by atoms with E-state index in [9.17, 15) is 9.59 Å². The van der Waals surface area contributed by atoms with Crippen molar-refractivity contribution in [3.8, 4) is 5.69 Å². The third-order valence-corrected chi connectivity index (χ3v) is 5.57. The minimum atomic E-state index is -0.320. The predicted octanol–water partition coefficient (Wildman–Crippen LogP) is 4.26. The highest BCUT2D eigenvalue weighted by Crippen LogP contribution is 2.20. The van der Waals surface area contributed by atoms with Crippen LogP contribution < -0.4 is 10.9 Å². The topological polar surface area (TPSA) is 92.7 Å². The molecule has 0 fully saturated rings. The summed E-state index contributed by atoms with van der Waals surface area (Å²) in [6.45, 7) is 0. The lowest BCUT2D eigenvalue weighted by atomic mass is 10.3. The molecular formula is C19H13BrClN5O2S. The van der Waals surface area contributed by atoms with Gasteiger partial charge in [-0.2, -0.15) is 5.10 Å². The summed E-state index contributed by atoms with van der Waals surface area (Å²) < 4.78 is 2.47. The van der Waals surface area contributed by atoms with Gasteiger partial charge in [0.15, 0.2) is 10.8 Å². The van der Waals surface area contributed by atoms with Crippen LogP contribution in [0.5, 0.6) is 0 Å². The fourth-order valence-corrected chi connectivity index (χ4v) is 3.73. The number of hydrogen-bond acceptors (Lipinski definition) is 5. The summed E-state index contributed by atoms with van der Waals surface area (Å²) >= 11 is 10.5. The van der Waals surface area contributed by atoms with Crippen molar-refractivity contribution in [2.24, 2.45) is 0 Å². The lowest BCUT2D eigenvalue weighted by Crippen LogP contribution is -2.15. The minimum Gasteiger partial charge on any atom is -0.325 e. The molecule has 0 radical (unpaired) electrons. The number of nitrogens with one attached hydrogen (secondary N) is 2. The molecule has 0 atom stereocenters. The smallest absolute Gasteiger partial charge is 0.262 e. The number of amides is 1. The zero-order valence-corrected chi connectivity index (χ0v) is 17.9. The second-order valence-electron chi connectivity index (χ2n) is 5.99. The Morgan fingerprint density at radius 3 is 2.79 bits per heavy atom. The van der Waals surface area contributed by atoms with Gasteiger partial charge in [0.25, 0.3) is 5.56 Å². The Balaban J connectivity index is 1.55. The molecule has 0 saturated carbocycles. The number of carbonyl (C=O) groups is 1. The molecule has 0 bridgehead atoms. The van der Waals surface area contributed by atoms with Gasteiger partial charge in [-0.05, 0) is 42.5 Å². The number of benzene rings is 2. The fourth-order valence-electron chi connectivity index (χ4n) is 2.63. The van der Waals surface area contributed by atoms with Crippen molar-refractivity contribution in [1.82, 2.24) is 19.7 Å². The third kappa shape index (κ3) is 4.52. The van der Waals surface area contributed by atoms with E-state index in [1.54, 1.807) is 35.0 Å². The quantitative estimate of drug-likeness (QED) is 0.322. The van der Waals surface area contributed by atoms with Crippen LogP contribution in [0.3, 0.4) is 0 Å². The van der Waals surface area contributed by atoms with Crippen LogP contribution in [-0.2, 0) is 4.79 Å². The first-order valence-corrected chi connectivity index (χ1v) is 10.6. The van der Waals surface area contributed by atoms with Crippen LogP contribution in [-0.4, -0.2) is 31.4 Å². The number of thioether (sulfide) groups is 1. The number of nitrogens with zero attached hydrogens (tertiary/aromatic N) is 3. The van der Waals surface area contributed by atoms with E-state index in [1.807, 2.05) is 18.2 Å². The highest BCUT2D eigenvalue weighted by Gasteiger charge is 2.13. The first-order chi connectivity index (χ1) is 14.0. The maximum Gasteiger partial charge on any atom is 0.262 e. The first kappa shape index (κ1) is 19.7. The molecule has 2 aromatic heterocycles. The van der Waals surface area contributed by atoms with E-state index in [-0.39, 0.29) is 17.2 Å². The Kier molecular flexibility index (Phi) is 5.70. The molecule has 146 valence electrons. The molecular weight excluding hydrogens is 478 g/mol. The number of anilines is 1. The molecule has 0 spiro atoms. The van der Waals surface area contributed by atoms with Gasteiger partial charge in [-0.15, -0.1) is 0 Å². The number of aromatic amines is 1. The van der Waals surface area contributed by atoms with E-state index in [1.165, 1.54) is 6.20 Å². The normalized spacial score (nSPS) is 11.0. The summed E-state index contributed by atoms with van der Waals surface area (Å²) in [7, 11) is 0. The third-order valence-electron chi connectivity index (χ3n) is 3.94. The summed E-state index contributed by atoms with van der Waals surface area (Å²) in [5.41, 5.74) is 1.45. The molecule has 4 rings (SSSR count). The summed E-state index contributed by atoms with van der Waals surface area (Å²) in [4.78, 5) is 31.7. The highest BCUT2D eigenvalue weighted by atomic mass is 79.9. The second-order valence-corrected chi connectivity index (χ2v) is 8.30. The average molecular weight is 491 g/mol. The molecule has 2 N–H and O–H groups in total. The molecule has 2 aromatic carbocycles. The van der Waals surface area contributed by atoms with E-state index < -0.39 is 0 Å². The SMILES string of the molecule is O=C(CSc1nc2c(cnn2-c2cccc(Cl)c2)c(=O)[nH]1)Nc1ccc(Br)cc1. The zero-order chi connectivity index (χ0) is 20.4. The largest absolute Gasteiger partial charge is 0.325 e. The van der Waals surface area contributed by atoms with Gasteiger partial charge >= 0.3 is 0 Å². The number of carbonyl (C=O) groups excluding carboxylic acids is 1. The number of fused-ring (bicyclic) bond motifs is 1. The van der Waals surface area contributed by atoms with Gasteiger partial charge in [0.2, 0.25) is 5.91 Å². The van der Waals surface area contributed by atoms with E-state index in [0.717, 1.165) is 16.2 Å². The van der Waals surface area contributed by atoms with Crippen molar-refractivity contribution in [1.29, 1.82) is 0 Å². The van der Waals surface area contributed by atoms with Crippen LogP contribution in [0.15, 0.2) is 69.2 Å². The van der Waals surface area contributed by atoms with Crippen molar-refractivity contribution in [3.05, 3.63) is 74.6 Å². The highest BCUT2D eigenvalue weighted by molar-refractivity contribution is 9.10. The molecule has 0 aliphatic heterocycles. The standard InChI is InChI=1S/C19H13BrClN5O2S/c20-11-4-6-13(7-5-11)23-16(27)10-29-19-24-17-15(18(28)25-19)9-22-26(17)14-3-1-2-12(21)8-14/h1-9H,10H2,(H,23,27)(H,24,25,28). The van der Waals surface area contributed by atoms with Gasteiger partial charge < -0.3 is 10.3 Å². The Morgan fingerprint density at radius 1 is 1.24 bits per heavy atom. The van der Waals surface area contributed by atoms with E-state index in [2.05, 4.69) is 36.3 Å². The molecule has 10 heteroatoms. The molecule has 7 nitrogen and oxygen atoms in total. The molecule has 0 aliphatic rings. The van der Waals surface area contributed by atoms with Crippen LogP contribution in [0.2, 0.25) is 5.02 Å². The zero-order valence-electron chi connectivity index (χ0n) is 14.7. The lowest BCUT2D eigenvalue weighted by Gasteiger charge is -2.06. The van der Waals surface area contributed by atoms with E-state index in [4.69, 9.17) is 11.6 Å². The summed E-state index contributed by atoms with van der Waals surface area (Å²) in [5, 5.41) is 8.28. The molecule has 2 heterocycles. The monoisotopic (exact) mass is 489 g/mol. The first-order valence-electron chi connectivity index (χ1n) is 8.42. The van der Waals surface area contributed by atoms with Crippen LogP contribution >= 0.6 is 39.3 Å². The number of aromatic nitrogens is 4. The van der Waals surface area contributed by atoms with Gasteiger partial charge in [0.1, 0.15) is 5.39 Å². The maximum absolute atomic E-state index is 12.4. The minimum absolute atomic E-state index is 0.0931. The average Bonchev–Trinajstić information content (AvgIpc) is 3.13. The molecule has 0 saturated heterocycles. The van der Waals surface area contributed by atoms with Gasteiger partial charge in [0.05, 0.1) is 17.6 Å². The Morgan fingerprint density at radius 2 is 2.03 bits per heavy atom. The molecule has 0 unspecified atom stereocenters. The summed E-state index contributed by atoms with van der Waals surface area (Å²) in [5.74, 6) is -0.112. The second kappa shape index (κ2) is 8.40. The van der Waals surface area contributed by atoms with Gasteiger partial charge in [-0.25, -0.2) is 9.67 Å². The summed E-state index contributed by atoms with van der Waals surface area (Å²) in [6.07, 6.45) is 1.46. The molecule has 4 aromatic rings. The number of halogens is 2. The van der Waals surface area contributed by atoms with Crippen LogP contribution in [0.1, 0.15) is 0 Å².